The van der Waals surface area contributed by atoms with E-state index >= 15 is 0 Å². The number of H-pyrrole nitrogens is 1. The van der Waals surface area contributed by atoms with Crippen molar-refractivity contribution in [3.05, 3.63) is 72.1 Å². The van der Waals surface area contributed by atoms with E-state index in [0.717, 1.165) is 5.56 Å². The topological polar surface area (TPSA) is 103 Å². The highest BCUT2D eigenvalue weighted by molar-refractivity contribution is 5.94. The average Bonchev–Trinajstić information content (AvgIpc) is 3.22. The molecule has 0 bridgehead atoms. The molecule has 0 unspecified atom stereocenters. The molecule has 1 saturated heterocycles. The van der Waals surface area contributed by atoms with E-state index in [1.165, 1.54) is 0 Å². The van der Waals surface area contributed by atoms with Crippen LogP contribution >= 0.6 is 0 Å². The molecule has 2 atom stereocenters. The Bertz CT molecular complexity index is 912. The number of carbonyl (C=O) groups excluding carboxylic acids is 1. The molecular weight excluding hydrogens is 342 g/mol. The lowest BCUT2D eigenvalue weighted by molar-refractivity contribution is 0.0288. The SMILES string of the molecule is O=C(N[C@@]1(c2ccccc2)CCNC[C@H]1O)c1cc(-c2ccccn2)n[nH]1. The average molecular weight is 363 g/mol. The van der Waals surface area contributed by atoms with Crippen LogP contribution in [-0.4, -0.2) is 45.4 Å². The Morgan fingerprint density at radius 1 is 1.15 bits per heavy atom. The fourth-order valence-corrected chi connectivity index (χ4v) is 3.51. The third-order valence-corrected chi connectivity index (χ3v) is 4.98. The Hall–Kier alpha value is -3.03. The number of hydrogen-bond donors (Lipinski definition) is 4. The van der Waals surface area contributed by atoms with Crippen LogP contribution in [0.25, 0.3) is 11.4 Å². The van der Waals surface area contributed by atoms with Crippen molar-refractivity contribution in [1.82, 2.24) is 25.8 Å². The Kier molecular flexibility index (Phi) is 4.70. The predicted octanol–water partition coefficient (Wildman–Crippen LogP) is 1.45. The maximum atomic E-state index is 12.9. The van der Waals surface area contributed by atoms with Crippen LogP contribution in [0.5, 0.6) is 0 Å². The number of pyridine rings is 1. The summed E-state index contributed by atoms with van der Waals surface area (Å²) in [4.78, 5) is 17.2. The number of piperidine rings is 1. The maximum Gasteiger partial charge on any atom is 0.270 e. The van der Waals surface area contributed by atoms with Crippen molar-refractivity contribution in [1.29, 1.82) is 0 Å². The molecule has 3 heterocycles. The van der Waals surface area contributed by atoms with Crippen LogP contribution in [-0.2, 0) is 5.54 Å². The lowest BCUT2D eigenvalue weighted by Crippen LogP contribution is -2.61. The Labute approximate surface area is 156 Å². The first kappa shape index (κ1) is 17.4. The molecule has 4 N–H and O–H groups in total. The highest BCUT2D eigenvalue weighted by Crippen LogP contribution is 2.31. The number of benzene rings is 1. The Balaban J connectivity index is 1.62. The van der Waals surface area contributed by atoms with E-state index in [1.807, 2.05) is 48.5 Å². The molecule has 27 heavy (non-hydrogen) atoms. The van der Waals surface area contributed by atoms with Crippen LogP contribution in [0.15, 0.2) is 60.8 Å². The standard InChI is InChI=1S/C20H21N5O2/c26-18-13-21-11-9-20(18,14-6-2-1-3-7-14)23-19(27)17-12-16(24-25-17)15-8-4-5-10-22-15/h1-8,10,12,18,21,26H,9,11,13H2,(H,23,27)(H,24,25)/t18-,20-/m1/s1. The molecule has 138 valence electrons. The molecule has 4 rings (SSSR count). The van der Waals surface area contributed by atoms with Gasteiger partial charge in [-0.15, -0.1) is 0 Å². The summed E-state index contributed by atoms with van der Waals surface area (Å²) in [6.45, 7) is 1.12. The number of β-amino-alcohol motifs (C(OH)–C–C–N with tert-alkyl or cyclic N) is 1. The molecule has 1 aliphatic rings. The minimum atomic E-state index is -0.847. The number of aromatic amines is 1. The Morgan fingerprint density at radius 3 is 2.70 bits per heavy atom. The normalized spacial score (nSPS) is 22.3. The zero-order chi connectivity index (χ0) is 18.7. The van der Waals surface area contributed by atoms with Gasteiger partial charge in [0.2, 0.25) is 0 Å². The van der Waals surface area contributed by atoms with Crippen molar-refractivity contribution in [2.75, 3.05) is 13.1 Å². The molecule has 1 amide bonds. The molecule has 1 aromatic carbocycles. The number of carbonyl (C=O) groups is 1. The minimum absolute atomic E-state index is 0.311. The van der Waals surface area contributed by atoms with Crippen molar-refractivity contribution in [3.8, 4) is 11.4 Å². The third kappa shape index (κ3) is 3.34. The fraction of sp³-hybridized carbons (Fsp3) is 0.250. The van der Waals surface area contributed by atoms with Crippen molar-refractivity contribution in [2.24, 2.45) is 0 Å². The monoisotopic (exact) mass is 363 g/mol. The van der Waals surface area contributed by atoms with E-state index in [2.05, 4.69) is 25.8 Å². The smallest absolute Gasteiger partial charge is 0.270 e. The molecule has 0 saturated carbocycles. The summed E-state index contributed by atoms with van der Waals surface area (Å²) < 4.78 is 0. The second kappa shape index (κ2) is 7.30. The summed E-state index contributed by atoms with van der Waals surface area (Å²) in [6.07, 6.45) is 1.53. The quantitative estimate of drug-likeness (QED) is 0.562. The number of nitrogens with zero attached hydrogens (tertiary/aromatic N) is 2. The molecule has 7 nitrogen and oxygen atoms in total. The van der Waals surface area contributed by atoms with Crippen molar-refractivity contribution < 1.29 is 9.90 Å². The molecule has 0 spiro atoms. The summed E-state index contributed by atoms with van der Waals surface area (Å²) in [6, 6.07) is 16.8. The van der Waals surface area contributed by atoms with Crippen LogP contribution in [0.2, 0.25) is 0 Å². The number of aliphatic hydroxyl groups excluding tert-OH is 1. The molecule has 2 aromatic heterocycles. The van der Waals surface area contributed by atoms with Crippen LogP contribution in [0, 0.1) is 0 Å². The first-order valence-electron chi connectivity index (χ1n) is 8.93. The molecule has 0 aliphatic carbocycles. The van der Waals surface area contributed by atoms with Gasteiger partial charge in [0.15, 0.2) is 0 Å². The molecule has 7 heteroatoms. The summed E-state index contributed by atoms with van der Waals surface area (Å²) in [5.74, 6) is -0.311. The number of aliphatic hydroxyl groups is 1. The van der Waals surface area contributed by atoms with Gasteiger partial charge in [-0.3, -0.25) is 14.9 Å². The lowest BCUT2D eigenvalue weighted by Gasteiger charge is -2.42. The first-order valence-corrected chi connectivity index (χ1v) is 8.93. The van der Waals surface area contributed by atoms with Crippen LogP contribution < -0.4 is 10.6 Å². The van der Waals surface area contributed by atoms with E-state index in [9.17, 15) is 9.90 Å². The van der Waals surface area contributed by atoms with Gasteiger partial charge in [0, 0.05) is 12.7 Å². The van der Waals surface area contributed by atoms with Crippen LogP contribution in [0.4, 0.5) is 0 Å². The molecular formula is C20H21N5O2. The number of aromatic nitrogens is 3. The summed E-state index contributed by atoms with van der Waals surface area (Å²) >= 11 is 0. The molecule has 1 fully saturated rings. The van der Waals surface area contributed by atoms with E-state index in [0.29, 0.717) is 36.6 Å². The number of amides is 1. The number of rotatable bonds is 4. The highest BCUT2D eigenvalue weighted by Gasteiger charge is 2.43. The Morgan fingerprint density at radius 2 is 1.96 bits per heavy atom. The van der Waals surface area contributed by atoms with E-state index < -0.39 is 11.6 Å². The second-order valence-corrected chi connectivity index (χ2v) is 6.64. The third-order valence-electron chi connectivity index (χ3n) is 4.98. The van der Waals surface area contributed by atoms with E-state index in [1.54, 1.807) is 12.3 Å². The molecule has 0 radical (unpaired) electrons. The first-order chi connectivity index (χ1) is 13.2. The molecule has 1 aliphatic heterocycles. The summed E-state index contributed by atoms with van der Waals surface area (Å²) in [7, 11) is 0. The highest BCUT2D eigenvalue weighted by atomic mass is 16.3. The zero-order valence-corrected chi connectivity index (χ0v) is 14.7. The molecule has 3 aromatic rings. The van der Waals surface area contributed by atoms with Gasteiger partial charge in [-0.2, -0.15) is 5.10 Å². The van der Waals surface area contributed by atoms with Gasteiger partial charge in [-0.1, -0.05) is 36.4 Å². The van der Waals surface area contributed by atoms with Gasteiger partial charge >= 0.3 is 0 Å². The van der Waals surface area contributed by atoms with E-state index in [-0.39, 0.29) is 5.91 Å². The fourth-order valence-electron chi connectivity index (χ4n) is 3.51. The largest absolute Gasteiger partial charge is 0.389 e. The summed E-state index contributed by atoms with van der Waals surface area (Å²) in [5, 5.41) is 23.9. The number of nitrogens with one attached hydrogen (secondary N) is 3. The van der Waals surface area contributed by atoms with Gasteiger partial charge in [0.1, 0.15) is 11.4 Å². The van der Waals surface area contributed by atoms with Gasteiger partial charge in [-0.25, -0.2) is 0 Å². The van der Waals surface area contributed by atoms with Gasteiger partial charge in [0.25, 0.3) is 5.91 Å². The van der Waals surface area contributed by atoms with E-state index in [4.69, 9.17) is 0 Å². The number of hydrogen-bond acceptors (Lipinski definition) is 5. The lowest BCUT2D eigenvalue weighted by atomic mass is 9.79. The maximum absolute atomic E-state index is 12.9. The van der Waals surface area contributed by atoms with Crippen molar-refractivity contribution >= 4 is 5.91 Å². The van der Waals surface area contributed by atoms with Gasteiger partial charge in [-0.05, 0) is 36.7 Å². The van der Waals surface area contributed by atoms with Crippen molar-refractivity contribution in [2.45, 2.75) is 18.1 Å². The second-order valence-electron chi connectivity index (χ2n) is 6.64. The van der Waals surface area contributed by atoms with Crippen LogP contribution in [0.1, 0.15) is 22.5 Å². The van der Waals surface area contributed by atoms with Gasteiger partial charge in [0.05, 0.1) is 17.3 Å². The van der Waals surface area contributed by atoms with Crippen molar-refractivity contribution in [3.63, 3.8) is 0 Å². The predicted molar refractivity (Wildman–Crippen MR) is 101 cm³/mol. The minimum Gasteiger partial charge on any atom is -0.389 e. The van der Waals surface area contributed by atoms with Gasteiger partial charge < -0.3 is 15.7 Å². The van der Waals surface area contributed by atoms with Crippen LogP contribution in [0.3, 0.4) is 0 Å². The zero-order valence-electron chi connectivity index (χ0n) is 14.7. The summed E-state index contributed by atoms with van der Waals surface area (Å²) in [5.41, 5.74) is 1.65.